The first kappa shape index (κ1) is 16.1. The predicted molar refractivity (Wildman–Crippen MR) is 91.6 cm³/mol. The summed E-state index contributed by atoms with van der Waals surface area (Å²) in [7, 11) is 4.20. The molecule has 0 aromatic carbocycles. The normalized spacial score (nSPS) is 30.5. The summed E-state index contributed by atoms with van der Waals surface area (Å²) in [5.74, 6) is 3.24. The van der Waals surface area contributed by atoms with Crippen molar-refractivity contribution in [1.29, 1.82) is 0 Å². The fourth-order valence-corrected chi connectivity index (χ4v) is 4.64. The van der Waals surface area contributed by atoms with E-state index in [1.165, 1.54) is 25.7 Å². The Labute approximate surface area is 144 Å². The van der Waals surface area contributed by atoms with E-state index in [2.05, 4.69) is 40.7 Å². The van der Waals surface area contributed by atoms with Gasteiger partial charge < -0.3 is 14.4 Å². The van der Waals surface area contributed by atoms with Crippen LogP contribution in [0.2, 0.25) is 0 Å². The maximum Gasteiger partial charge on any atom is 0.226 e. The van der Waals surface area contributed by atoms with Gasteiger partial charge in [-0.25, -0.2) is 0 Å². The van der Waals surface area contributed by atoms with Crippen molar-refractivity contribution >= 4 is 5.91 Å². The zero-order chi connectivity index (χ0) is 16.8. The molecule has 0 spiro atoms. The molecule has 0 bridgehead atoms. The molecule has 1 atom stereocenters. The third-order valence-corrected chi connectivity index (χ3v) is 6.41. The van der Waals surface area contributed by atoms with E-state index in [9.17, 15) is 4.79 Å². The highest BCUT2D eigenvalue weighted by Crippen LogP contribution is 2.38. The number of amides is 1. The van der Waals surface area contributed by atoms with Crippen molar-refractivity contribution in [3.8, 4) is 0 Å². The lowest BCUT2D eigenvalue weighted by Gasteiger charge is -2.43. The van der Waals surface area contributed by atoms with Gasteiger partial charge in [-0.3, -0.25) is 4.79 Å². The first-order valence-electron chi connectivity index (χ1n) is 9.46. The van der Waals surface area contributed by atoms with Gasteiger partial charge in [0.15, 0.2) is 5.82 Å². The molecule has 0 saturated heterocycles. The van der Waals surface area contributed by atoms with E-state index in [0.717, 1.165) is 37.6 Å². The molecule has 6 heteroatoms. The maximum absolute atomic E-state index is 12.9. The van der Waals surface area contributed by atoms with Crippen LogP contribution in [0.15, 0.2) is 0 Å². The van der Waals surface area contributed by atoms with Crippen LogP contribution in [0.1, 0.15) is 69.1 Å². The molecule has 4 rings (SSSR count). The minimum absolute atomic E-state index is 0.0484. The minimum Gasteiger partial charge on any atom is -0.331 e. The van der Waals surface area contributed by atoms with E-state index >= 15 is 0 Å². The number of carbonyl (C=O) groups is 1. The molecule has 2 fully saturated rings. The Balaban J connectivity index is 1.46. The van der Waals surface area contributed by atoms with Crippen LogP contribution in [0.25, 0.3) is 0 Å². The van der Waals surface area contributed by atoms with E-state index < -0.39 is 0 Å². The van der Waals surface area contributed by atoms with Crippen molar-refractivity contribution in [2.75, 3.05) is 20.6 Å². The Morgan fingerprint density at radius 3 is 2.42 bits per heavy atom. The van der Waals surface area contributed by atoms with E-state index in [1.54, 1.807) is 0 Å². The van der Waals surface area contributed by atoms with Gasteiger partial charge in [0.1, 0.15) is 5.82 Å². The van der Waals surface area contributed by atoms with Crippen molar-refractivity contribution < 1.29 is 4.79 Å². The summed E-state index contributed by atoms with van der Waals surface area (Å²) >= 11 is 0. The zero-order valence-corrected chi connectivity index (χ0v) is 15.1. The average Bonchev–Trinajstić information content (AvgIpc) is 3.14. The van der Waals surface area contributed by atoms with Crippen LogP contribution in [0.5, 0.6) is 0 Å². The van der Waals surface area contributed by atoms with E-state index in [4.69, 9.17) is 0 Å². The van der Waals surface area contributed by atoms with Gasteiger partial charge >= 0.3 is 0 Å². The van der Waals surface area contributed by atoms with Gasteiger partial charge in [0, 0.05) is 31.0 Å². The summed E-state index contributed by atoms with van der Waals surface area (Å²) in [5.41, 5.74) is 0. The fraction of sp³-hybridized carbons (Fsp3) is 0.833. The van der Waals surface area contributed by atoms with Gasteiger partial charge in [0.05, 0.1) is 6.04 Å². The van der Waals surface area contributed by atoms with Crippen LogP contribution in [0.4, 0.5) is 0 Å². The largest absolute Gasteiger partial charge is 0.331 e. The minimum atomic E-state index is 0.0484. The Hall–Kier alpha value is -1.43. The fourth-order valence-electron chi connectivity index (χ4n) is 4.64. The number of fused-ring (bicyclic) bond motifs is 1. The summed E-state index contributed by atoms with van der Waals surface area (Å²) in [6.07, 6.45) is 7.08. The lowest BCUT2D eigenvalue weighted by molar-refractivity contribution is -0.143. The van der Waals surface area contributed by atoms with Gasteiger partial charge in [-0.1, -0.05) is 12.8 Å². The molecule has 1 unspecified atom stereocenters. The quantitative estimate of drug-likeness (QED) is 0.852. The zero-order valence-electron chi connectivity index (χ0n) is 15.1. The summed E-state index contributed by atoms with van der Waals surface area (Å²) < 4.78 is 2.30. The lowest BCUT2D eigenvalue weighted by Crippen LogP contribution is -2.51. The highest BCUT2D eigenvalue weighted by atomic mass is 16.2. The summed E-state index contributed by atoms with van der Waals surface area (Å²) in [6, 6.07) is 0.615. The van der Waals surface area contributed by atoms with Crippen LogP contribution in [0, 0.1) is 5.92 Å². The number of rotatable bonds is 3. The van der Waals surface area contributed by atoms with Crippen molar-refractivity contribution in [2.24, 2.45) is 5.92 Å². The van der Waals surface area contributed by atoms with E-state index in [-0.39, 0.29) is 12.0 Å². The number of hydrogen-bond donors (Lipinski definition) is 0. The van der Waals surface area contributed by atoms with Gasteiger partial charge in [0.25, 0.3) is 0 Å². The van der Waals surface area contributed by atoms with Crippen molar-refractivity contribution in [3.63, 3.8) is 0 Å². The summed E-state index contributed by atoms with van der Waals surface area (Å²) in [5, 5.41) is 8.98. The van der Waals surface area contributed by atoms with Gasteiger partial charge in [0.2, 0.25) is 5.91 Å². The van der Waals surface area contributed by atoms with Crippen LogP contribution in [-0.2, 0) is 11.3 Å². The van der Waals surface area contributed by atoms with Gasteiger partial charge in [-0.15, -0.1) is 10.2 Å². The second kappa shape index (κ2) is 6.14. The Morgan fingerprint density at radius 1 is 1.08 bits per heavy atom. The van der Waals surface area contributed by atoms with Crippen molar-refractivity contribution in [3.05, 3.63) is 11.6 Å². The van der Waals surface area contributed by atoms with E-state index in [1.807, 2.05) is 4.90 Å². The maximum atomic E-state index is 12.9. The second-order valence-electron chi connectivity index (χ2n) is 8.04. The van der Waals surface area contributed by atoms with Crippen LogP contribution >= 0.6 is 0 Å². The predicted octanol–water partition coefficient (Wildman–Crippen LogP) is 2.18. The van der Waals surface area contributed by atoms with Crippen molar-refractivity contribution in [1.82, 2.24) is 24.6 Å². The van der Waals surface area contributed by atoms with Crippen LogP contribution in [0.3, 0.4) is 0 Å². The van der Waals surface area contributed by atoms with Crippen molar-refractivity contribution in [2.45, 2.75) is 70.0 Å². The first-order valence-corrected chi connectivity index (χ1v) is 9.46. The Bertz CT molecular complexity index is 613. The first-order chi connectivity index (χ1) is 11.6. The topological polar surface area (TPSA) is 54.3 Å². The standard InChI is InChI=1S/C18H29N5O/c1-12-16-19-20-17(13-6-4-5-7-13)23(16)9-8-22(12)18(24)14-10-15(11-14)21(2)3/h12-15H,4-11H2,1-3H3. The molecular weight excluding hydrogens is 302 g/mol. The van der Waals surface area contributed by atoms with Crippen LogP contribution in [-0.4, -0.2) is 57.2 Å². The molecule has 2 heterocycles. The molecule has 1 aromatic heterocycles. The molecule has 3 aliphatic rings. The molecule has 24 heavy (non-hydrogen) atoms. The smallest absolute Gasteiger partial charge is 0.226 e. The summed E-state index contributed by atoms with van der Waals surface area (Å²) in [4.78, 5) is 17.2. The Kier molecular flexibility index (Phi) is 4.11. The third kappa shape index (κ3) is 2.55. The lowest BCUT2D eigenvalue weighted by atomic mass is 9.78. The monoisotopic (exact) mass is 331 g/mol. The number of aromatic nitrogens is 3. The summed E-state index contributed by atoms with van der Waals surface area (Å²) in [6.45, 7) is 3.76. The number of nitrogens with zero attached hydrogens (tertiary/aromatic N) is 5. The molecule has 6 nitrogen and oxygen atoms in total. The van der Waals surface area contributed by atoms with E-state index in [0.29, 0.717) is 17.9 Å². The Morgan fingerprint density at radius 2 is 1.75 bits per heavy atom. The molecule has 2 aliphatic carbocycles. The number of carbonyl (C=O) groups excluding carboxylic acids is 1. The molecule has 1 aliphatic heterocycles. The molecule has 2 saturated carbocycles. The number of hydrogen-bond acceptors (Lipinski definition) is 4. The van der Waals surface area contributed by atoms with Gasteiger partial charge in [-0.2, -0.15) is 0 Å². The highest BCUT2D eigenvalue weighted by molar-refractivity contribution is 5.80. The third-order valence-electron chi connectivity index (χ3n) is 6.41. The van der Waals surface area contributed by atoms with Crippen LogP contribution < -0.4 is 0 Å². The SMILES string of the molecule is CC1c2nnc(C3CCCC3)n2CCN1C(=O)C1CC(N(C)C)C1. The molecule has 0 N–H and O–H groups in total. The average molecular weight is 331 g/mol. The molecular formula is C18H29N5O. The highest BCUT2D eigenvalue weighted by Gasteiger charge is 2.41. The van der Waals surface area contributed by atoms with Gasteiger partial charge in [-0.05, 0) is 46.7 Å². The molecule has 1 aromatic rings. The molecule has 132 valence electrons. The molecule has 0 radical (unpaired) electrons. The molecule has 1 amide bonds. The second-order valence-corrected chi connectivity index (χ2v) is 8.04.